The predicted octanol–water partition coefficient (Wildman–Crippen LogP) is 2.12. The molecule has 0 bridgehead atoms. The minimum atomic E-state index is 0.444. The molecule has 1 aliphatic rings. The topological polar surface area (TPSA) is 27.0 Å². The Bertz CT molecular complexity index is 188. The second-order valence-electron chi connectivity index (χ2n) is 3.61. The SMILES string of the molecule is CCC1CN(C(C)CC#N)CCS1. The van der Waals surface area contributed by atoms with E-state index in [1.54, 1.807) is 0 Å². The Labute approximate surface area is 85.3 Å². The molecule has 2 nitrogen and oxygen atoms in total. The van der Waals surface area contributed by atoms with Crippen LogP contribution < -0.4 is 0 Å². The zero-order chi connectivity index (χ0) is 9.68. The minimum absolute atomic E-state index is 0.444. The van der Waals surface area contributed by atoms with Crippen LogP contribution in [0.4, 0.5) is 0 Å². The van der Waals surface area contributed by atoms with Crippen LogP contribution in [0, 0.1) is 11.3 Å². The molecule has 0 N–H and O–H groups in total. The summed E-state index contributed by atoms with van der Waals surface area (Å²) in [6, 6.07) is 2.69. The van der Waals surface area contributed by atoms with Gasteiger partial charge in [0.15, 0.2) is 0 Å². The predicted molar refractivity (Wildman–Crippen MR) is 57.8 cm³/mol. The summed E-state index contributed by atoms with van der Waals surface area (Å²) in [5.41, 5.74) is 0. The lowest BCUT2D eigenvalue weighted by Crippen LogP contribution is -2.42. The maximum absolute atomic E-state index is 8.61. The molecule has 1 rings (SSSR count). The van der Waals surface area contributed by atoms with E-state index in [1.165, 1.54) is 18.7 Å². The number of nitriles is 1. The molecule has 1 saturated heterocycles. The fraction of sp³-hybridized carbons (Fsp3) is 0.900. The van der Waals surface area contributed by atoms with Crippen molar-refractivity contribution in [3.63, 3.8) is 0 Å². The highest BCUT2D eigenvalue weighted by molar-refractivity contribution is 8.00. The van der Waals surface area contributed by atoms with Crippen molar-refractivity contribution >= 4 is 11.8 Å². The van der Waals surface area contributed by atoms with Gasteiger partial charge >= 0.3 is 0 Å². The summed E-state index contributed by atoms with van der Waals surface area (Å²) in [5.74, 6) is 1.23. The summed E-state index contributed by atoms with van der Waals surface area (Å²) in [6.07, 6.45) is 1.92. The van der Waals surface area contributed by atoms with E-state index in [0.717, 1.165) is 11.8 Å². The Morgan fingerprint density at radius 2 is 2.46 bits per heavy atom. The van der Waals surface area contributed by atoms with E-state index in [-0.39, 0.29) is 0 Å². The average molecular weight is 198 g/mol. The van der Waals surface area contributed by atoms with Crippen LogP contribution in [-0.4, -0.2) is 35.0 Å². The van der Waals surface area contributed by atoms with Crippen molar-refractivity contribution < 1.29 is 0 Å². The number of thioether (sulfide) groups is 1. The first-order valence-corrected chi connectivity index (χ1v) is 6.05. The lowest BCUT2D eigenvalue weighted by atomic mass is 10.2. The molecule has 0 spiro atoms. The van der Waals surface area contributed by atoms with Crippen LogP contribution in [0.25, 0.3) is 0 Å². The van der Waals surface area contributed by atoms with Gasteiger partial charge in [-0.3, -0.25) is 4.90 Å². The maximum Gasteiger partial charge on any atom is 0.0638 e. The molecule has 13 heavy (non-hydrogen) atoms. The van der Waals surface area contributed by atoms with Gasteiger partial charge in [-0.05, 0) is 13.3 Å². The van der Waals surface area contributed by atoms with E-state index in [1.807, 2.05) is 0 Å². The van der Waals surface area contributed by atoms with E-state index in [9.17, 15) is 0 Å². The van der Waals surface area contributed by atoms with Crippen LogP contribution in [0.3, 0.4) is 0 Å². The summed E-state index contributed by atoms with van der Waals surface area (Å²) >= 11 is 2.08. The molecule has 0 aliphatic carbocycles. The number of hydrogen-bond acceptors (Lipinski definition) is 3. The largest absolute Gasteiger partial charge is 0.298 e. The molecule has 0 radical (unpaired) electrons. The van der Waals surface area contributed by atoms with Crippen molar-refractivity contribution in [3.8, 4) is 6.07 Å². The molecule has 0 amide bonds. The third-order valence-electron chi connectivity index (χ3n) is 2.64. The maximum atomic E-state index is 8.61. The first-order valence-electron chi connectivity index (χ1n) is 5.00. The molecule has 2 unspecified atom stereocenters. The molecule has 0 saturated carbocycles. The number of nitrogens with zero attached hydrogens (tertiary/aromatic N) is 2. The Hall–Kier alpha value is -0.200. The summed E-state index contributed by atoms with van der Waals surface area (Å²) in [5, 5.41) is 9.40. The van der Waals surface area contributed by atoms with Crippen LogP contribution in [0.5, 0.6) is 0 Å². The van der Waals surface area contributed by atoms with Gasteiger partial charge in [0.05, 0.1) is 12.5 Å². The molecular formula is C10H18N2S. The van der Waals surface area contributed by atoms with Crippen LogP contribution in [0.1, 0.15) is 26.7 Å². The van der Waals surface area contributed by atoms with Crippen molar-refractivity contribution in [2.45, 2.75) is 38.0 Å². The molecular weight excluding hydrogens is 180 g/mol. The fourth-order valence-corrected chi connectivity index (χ4v) is 2.86. The average Bonchev–Trinajstić information content (AvgIpc) is 2.18. The zero-order valence-electron chi connectivity index (χ0n) is 8.49. The van der Waals surface area contributed by atoms with Gasteiger partial charge in [0.2, 0.25) is 0 Å². The van der Waals surface area contributed by atoms with Gasteiger partial charge in [0.25, 0.3) is 0 Å². The molecule has 0 aromatic carbocycles. The molecule has 0 aromatic heterocycles. The molecule has 74 valence electrons. The third-order valence-corrected chi connectivity index (χ3v) is 4.01. The van der Waals surface area contributed by atoms with Gasteiger partial charge in [-0.2, -0.15) is 17.0 Å². The van der Waals surface area contributed by atoms with Gasteiger partial charge in [0, 0.05) is 30.1 Å². The van der Waals surface area contributed by atoms with Crippen molar-refractivity contribution in [3.05, 3.63) is 0 Å². The summed E-state index contributed by atoms with van der Waals surface area (Å²) in [7, 11) is 0. The Morgan fingerprint density at radius 3 is 3.08 bits per heavy atom. The van der Waals surface area contributed by atoms with E-state index < -0.39 is 0 Å². The minimum Gasteiger partial charge on any atom is -0.298 e. The van der Waals surface area contributed by atoms with Crippen molar-refractivity contribution in [2.75, 3.05) is 18.8 Å². The van der Waals surface area contributed by atoms with E-state index in [2.05, 4.69) is 36.6 Å². The van der Waals surface area contributed by atoms with Crippen LogP contribution in [0.15, 0.2) is 0 Å². The quantitative estimate of drug-likeness (QED) is 0.695. The highest BCUT2D eigenvalue weighted by atomic mass is 32.2. The highest BCUT2D eigenvalue weighted by Gasteiger charge is 2.22. The first-order chi connectivity index (χ1) is 6.27. The lowest BCUT2D eigenvalue weighted by molar-refractivity contribution is 0.217. The van der Waals surface area contributed by atoms with E-state index in [4.69, 9.17) is 5.26 Å². The zero-order valence-corrected chi connectivity index (χ0v) is 9.31. The van der Waals surface area contributed by atoms with Crippen LogP contribution in [-0.2, 0) is 0 Å². The van der Waals surface area contributed by atoms with Crippen LogP contribution >= 0.6 is 11.8 Å². The first kappa shape index (κ1) is 10.9. The van der Waals surface area contributed by atoms with Gasteiger partial charge in [-0.15, -0.1) is 0 Å². The smallest absolute Gasteiger partial charge is 0.0638 e. The highest BCUT2D eigenvalue weighted by Crippen LogP contribution is 2.22. The Morgan fingerprint density at radius 1 is 1.69 bits per heavy atom. The summed E-state index contributed by atoms with van der Waals surface area (Å²) < 4.78 is 0. The lowest BCUT2D eigenvalue weighted by Gasteiger charge is -2.35. The molecule has 1 aliphatic heterocycles. The standard InChI is InChI=1S/C10H18N2S/c1-3-10-8-12(6-7-13-10)9(2)4-5-11/h9-10H,3-4,6-8H2,1-2H3. The van der Waals surface area contributed by atoms with Gasteiger partial charge in [-0.1, -0.05) is 6.92 Å². The summed E-state index contributed by atoms with van der Waals surface area (Å²) in [6.45, 7) is 6.73. The molecule has 1 heterocycles. The van der Waals surface area contributed by atoms with Crippen molar-refractivity contribution in [2.24, 2.45) is 0 Å². The second kappa shape index (κ2) is 5.51. The Balaban J connectivity index is 2.37. The Kier molecular flexibility index (Phi) is 4.61. The van der Waals surface area contributed by atoms with Gasteiger partial charge < -0.3 is 0 Å². The van der Waals surface area contributed by atoms with Crippen molar-refractivity contribution in [1.82, 2.24) is 4.90 Å². The molecule has 1 fully saturated rings. The molecule has 2 atom stereocenters. The monoisotopic (exact) mass is 198 g/mol. The fourth-order valence-electron chi connectivity index (χ4n) is 1.65. The van der Waals surface area contributed by atoms with Crippen molar-refractivity contribution in [1.29, 1.82) is 5.26 Å². The van der Waals surface area contributed by atoms with E-state index >= 15 is 0 Å². The molecule has 3 heteroatoms. The van der Waals surface area contributed by atoms with Gasteiger partial charge in [0.1, 0.15) is 0 Å². The number of hydrogen-bond donors (Lipinski definition) is 0. The van der Waals surface area contributed by atoms with Gasteiger partial charge in [-0.25, -0.2) is 0 Å². The van der Waals surface area contributed by atoms with Crippen LogP contribution in [0.2, 0.25) is 0 Å². The third kappa shape index (κ3) is 3.21. The van der Waals surface area contributed by atoms with E-state index in [0.29, 0.717) is 12.5 Å². The molecule has 0 aromatic rings. The second-order valence-corrected chi connectivity index (χ2v) is 5.02. The number of rotatable bonds is 3. The summed E-state index contributed by atoms with van der Waals surface area (Å²) in [4.78, 5) is 2.45. The normalized spacial score (nSPS) is 26.7.